The van der Waals surface area contributed by atoms with Gasteiger partial charge in [0.2, 0.25) is 0 Å². The van der Waals surface area contributed by atoms with Gasteiger partial charge in [0.15, 0.2) is 5.13 Å². The highest BCUT2D eigenvalue weighted by Crippen LogP contribution is 2.28. The normalized spacial score (nSPS) is 14.7. The largest absolute Gasteiger partial charge is 0.344 e. The zero-order valence-corrected chi connectivity index (χ0v) is 13.9. The first-order valence-corrected chi connectivity index (χ1v) is 7.91. The van der Waals surface area contributed by atoms with E-state index in [9.17, 15) is 0 Å². The maximum atomic E-state index is 4.60. The van der Waals surface area contributed by atoms with E-state index in [-0.39, 0.29) is 0 Å². The van der Waals surface area contributed by atoms with Gasteiger partial charge in [-0.1, -0.05) is 6.92 Å². The van der Waals surface area contributed by atoms with Crippen molar-refractivity contribution in [1.82, 2.24) is 15.2 Å². The summed E-state index contributed by atoms with van der Waals surface area (Å²) in [6, 6.07) is 0.868. The van der Waals surface area contributed by atoms with Gasteiger partial charge in [0.1, 0.15) is 0 Å². The van der Waals surface area contributed by atoms with E-state index in [2.05, 4.69) is 61.9 Å². The number of hydrogen-bond acceptors (Lipinski definition) is 5. The van der Waals surface area contributed by atoms with E-state index in [1.54, 1.807) is 11.3 Å². The second-order valence-electron chi connectivity index (χ2n) is 5.22. The van der Waals surface area contributed by atoms with E-state index in [4.69, 9.17) is 0 Å². The number of nitrogens with zero attached hydrogens (tertiary/aromatic N) is 3. The first kappa shape index (κ1) is 16.4. The molecule has 1 N–H and O–H groups in total. The third-order valence-corrected chi connectivity index (χ3v) is 4.41. The van der Waals surface area contributed by atoms with Gasteiger partial charge in [0.25, 0.3) is 0 Å². The molecule has 2 atom stereocenters. The lowest BCUT2D eigenvalue weighted by atomic mass is 10.3. The third kappa shape index (κ3) is 4.75. The van der Waals surface area contributed by atoms with Crippen molar-refractivity contribution in [2.75, 3.05) is 38.6 Å². The molecule has 5 heteroatoms. The van der Waals surface area contributed by atoms with Gasteiger partial charge >= 0.3 is 0 Å². The minimum absolute atomic E-state index is 0.388. The summed E-state index contributed by atoms with van der Waals surface area (Å²) in [4.78, 5) is 10.5. The number of nitrogens with one attached hydrogen (secondary N) is 1. The maximum Gasteiger partial charge on any atom is 0.185 e. The van der Waals surface area contributed by atoms with Crippen LogP contribution in [0.2, 0.25) is 0 Å². The molecule has 0 amide bonds. The van der Waals surface area contributed by atoms with Gasteiger partial charge in [-0.3, -0.25) is 0 Å². The Morgan fingerprint density at radius 2 is 2.00 bits per heavy atom. The molecule has 0 spiro atoms. The van der Waals surface area contributed by atoms with Gasteiger partial charge in [0.05, 0.1) is 0 Å². The number of likely N-dealkylation sites (N-methyl/N-ethyl adjacent to an activating group) is 2. The van der Waals surface area contributed by atoms with Crippen molar-refractivity contribution >= 4 is 16.5 Å². The summed E-state index contributed by atoms with van der Waals surface area (Å²) < 4.78 is 0. The Morgan fingerprint density at radius 1 is 1.32 bits per heavy atom. The van der Waals surface area contributed by atoms with Crippen molar-refractivity contribution in [3.63, 3.8) is 0 Å². The van der Waals surface area contributed by atoms with Crippen LogP contribution in [0.4, 0.5) is 5.13 Å². The first-order valence-electron chi connectivity index (χ1n) is 7.10. The maximum absolute atomic E-state index is 4.60. The minimum atomic E-state index is 0.388. The summed E-state index contributed by atoms with van der Waals surface area (Å²) in [7, 11) is 4.23. The number of aromatic nitrogens is 1. The van der Waals surface area contributed by atoms with E-state index in [0.29, 0.717) is 12.1 Å². The second-order valence-corrected chi connectivity index (χ2v) is 6.26. The van der Waals surface area contributed by atoms with E-state index in [1.165, 1.54) is 4.88 Å². The molecule has 110 valence electrons. The lowest BCUT2D eigenvalue weighted by Gasteiger charge is -2.29. The summed E-state index contributed by atoms with van der Waals surface area (Å²) in [6.45, 7) is 11.8. The Kier molecular flexibility index (Phi) is 6.75. The summed E-state index contributed by atoms with van der Waals surface area (Å²) in [5.74, 6) is 0. The Balaban J connectivity index is 2.76. The molecule has 4 nitrogen and oxygen atoms in total. The Labute approximate surface area is 121 Å². The molecule has 0 radical (unpaired) electrons. The zero-order chi connectivity index (χ0) is 14.4. The SMILES string of the molecule is CCNC(C)c1cnc(N(CC)C(C)CN(C)C)s1. The van der Waals surface area contributed by atoms with Crippen molar-refractivity contribution in [3.05, 3.63) is 11.1 Å². The lowest BCUT2D eigenvalue weighted by Crippen LogP contribution is -2.40. The molecule has 1 aromatic rings. The Hall–Kier alpha value is -0.650. The number of thiazole rings is 1. The highest BCUT2D eigenvalue weighted by atomic mass is 32.1. The third-order valence-electron chi connectivity index (χ3n) is 3.20. The van der Waals surface area contributed by atoms with Crippen molar-refractivity contribution in [1.29, 1.82) is 0 Å². The zero-order valence-electron chi connectivity index (χ0n) is 13.1. The van der Waals surface area contributed by atoms with Gasteiger partial charge in [-0.25, -0.2) is 4.98 Å². The molecule has 0 aliphatic heterocycles. The van der Waals surface area contributed by atoms with Gasteiger partial charge in [-0.05, 0) is 41.4 Å². The quantitative estimate of drug-likeness (QED) is 0.795. The fourth-order valence-electron chi connectivity index (χ4n) is 2.28. The molecule has 1 rings (SSSR count). The fraction of sp³-hybridized carbons (Fsp3) is 0.786. The van der Waals surface area contributed by atoms with Crippen LogP contribution in [0.25, 0.3) is 0 Å². The molecular formula is C14H28N4S. The lowest BCUT2D eigenvalue weighted by molar-refractivity contribution is 0.373. The predicted octanol–water partition coefficient (Wildman–Crippen LogP) is 2.59. The van der Waals surface area contributed by atoms with Crippen LogP contribution in [0.3, 0.4) is 0 Å². The topological polar surface area (TPSA) is 31.4 Å². The van der Waals surface area contributed by atoms with Crippen LogP contribution in [0, 0.1) is 0 Å². The minimum Gasteiger partial charge on any atom is -0.344 e. The van der Waals surface area contributed by atoms with Crippen molar-refractivity contribution in [2.24, 2.45) is 0 Å². The molecule has 2 unspecified atom stereocenters. The van der Waals surface area contributed by atoms with Crippen LogP contribution < -0.4 is 10.2 Å². The van der Waals surface area contributed by atoms with Gasteiger partial charge < -0.3 is 15.1 Å². The molecule has 0 saturated carbocycles. The van der Waals surface area contributed by atoms with Gasteiger partial charge in [0, 0.05) is 36.2 Å². The van der Waals surface area contributed by atoms with E-state index in [1.807, 2.05) is 6.20 Å². The van der Waals surface area contributed by atoms with E-state index in [0.717, 1.165) is 24.8 Å². The predicted molar refractivity (Wildman–Crippen MR) is 85.2 cm³/mol. The summed E-state index contributed by atoms with van der Waals surface area (Å²) in [6.07, 6.45) is 2.01. The monoisotopic (exact) mass is 284 g/mol. The van der Waals surface area contributed by atoms with Crippen LogP contribution in [0.15, 0.2) is 6.20 Å². The van der Waals surface area contributed by atoms with E-state index >= 15 is 0 Å². The number of anilines is 1. The number of rotatable bonds is 8. The Bertz CT molecular complexity index is 364. The van der Waals surface area contributed by atoms with Crippen LogP contribution in [-0.4, -0.2) is 49.7 Å². The average molecular weight is 284 g/mol. The molecule has 0 saturated heterocycles. The molecule has 0 aliphatic carbocycles. The highest BCUT2D eigenvalue weighted by molar-refractivity contribution is 7.15. The smallest absolute Gasteiger partial charge is 0.185 e. The van der Waals surface area contributed by atoms with Crippen LogP contribution >= 0.6 is 11.3 Å². The molecule has 19 heavy (non-hydrogen) atoms. The molecule has 0 aliphatic rings. The molecule has 1 heterocycles. The fourth-order valence-corrected chi connectivity index (χ4v) is 3.39. The Morgan fingerprint density at radius 3 is 2.53 bits per heavy atom. The summed E-state index contributed by atoms with van der Waals surface area (Å²) in [5, 5.41) is 4.57. The molecule has 0 aromatic carbocycles. The summed E-state index contributed by atoms with van der Waals surface area (Å²) >= 11 is 1.80. The highest BCUT2D eigenvalue weighted by Gasteiger charge is 2.18. The second kappa shape index (κ2) is 7.82. The first-order chi connectivity index (χ1) is 8.99. The van der Waals surface area contributed by atoms with Gasteiger partial charge in [-0.15, -0.1) is 11.3 Å². The van der Waals surface area contributed by atoms with Crippen LogP contribution in [-0.2, 0) is 0 Å². The van der Waals surface area contributed by atoms with Crippen molar-refractivity contribution in [2.45, 2.75) is 39.8 Å². The van der Waals surface area contributed by atoms with Gasteiger partial charge in [-0.2, -0.15) is 0 Å². The van der Waals surface area contributed by atoms with Crippen LogP contribution in [0.1, 0.15) is 38.6 Å². The molecular weight excluding hydrogens is 256 g/mol. The molecule has 1 aromatic heterocycles. The standard InChI is InChI=1S/C14H28N4S/c1-7-15-12(4)13-9-16-14(19-13)18(8-2)11(3)10-17(5)6/h9,11-12,15H,7-8,10H2,1-6H3. The summed E-state index contributed by atoms with van der Waals surface area (Å²) in [5.41, 5.74) is 0. The van der Waals surface area contributed by atoms with Crippen molar-refractivity contribution in [3.8, 4) is 0 Å². The van der Waals surface area contributed by atoms with Crippen molar-refractivity contribution < 1.29 is 0 Å². The molecule has 0 bridgehead atoms. The molecule has 0 fully saturated rings. The average Bonchev–Trinajstić information content (AvgIpc) is 2.78. The van der Waals surface area contributed by atoms with Crippen LogP contribution in [0.5, 0.6) is 0 Å². The van der Waals surface area contributed by atoms with E-state index < -0.39 is 0 Å². The number of hydrogen-bond donors (Lipinski definition) is 1.